The Kier molecular flexibility index (Phi) is 2.75. The molecule has 0 spiro atoms. The molecule has 0 bridgehead atoms. The zero-order valence-electron chi connectivity index (χ0n) is 9.03. The second kappa shape index (κ2) is 4.04. The maximum atomic E-state index is 8.95. The summed E-state index contributed by atoms with van der Waals surface area (Å²) in [5.41, 5.74) is 1.23. The first kappa shape index (κ1) is 10.2. The summed E-state index contributed by atoms with van der Waals surface area (Å²) in [6.45, 7) is 2.96. The number of benzene rings is 1. The quantitative estimate of drug-likeness (QED) is 0.811. The van der Waals surface area contributed by atoms with Gasteiger partial charge in [-0.2, -0.15) is 5.26 Å². The van der Waals surface area contributed by atoms with E-state index in [0.717, 1.165) is 19.4 Å². The highest BCUT2D eigenvalue weighted by Crippen LogP contribution is 2.44. The minimum Gasteiger partial charge on any atom is -0.309 e. The van der Waals surface area contributed by atoms with E-state index in [1.807, 2.05) is 18.2 Å². The highest BCUT2D eigenvalue weighted by Gasteiger charge is 2.42. The summed E-state index contributed by atoms with van der Waals surface area (Å²) >= 11 is 0. The number of hydrogen-bond acceptors (Lipinski definition) is 2. The lowest BCUT2D eigenvalue weighted by Crippen LogP contribution is -2.25. The zero-order chi connectivity index (χ0) is 10.7. The molecule has 78 valence electrons. The van der Waals surface area contributed by atoms with Crippen molar-refractivity contribution in [2.24, 2.45) is 5.41 Å². The molecular formula is C13H16N2. The second-order valence-corrected chi connectivity index (χ2v) is 4.41. The Morgan fingerprint density at radius 2 is 2.07 bits per heavy atom. The smallest absolute Gasteiger partial charge is 0.0703 e. The fraction of sp³-hybridized carbons (Fsp3) is 0.462. The molecule has 1 unspecified atom stereocenters. The topological polar surface area (TPSA) is 35.8 Å². The van der Waals surface area contributed by atoms with Crippen LogP contribution in [0.25, 0.3) is 0 Å². The molecule has 1 aromatic rings. The third-order valence-electron chi connectivity index (χ3n) is 3.14. The monoisotopic (exact) mass is 200 g/mol. The van der Waals surface area contributed by atoms with Gasteiger partial charge in [-0.15, -0.1) is 0 Å². The molecule has 15 heavy (non-hydrogen) atoms. The van der Waals surface area contributed by atoms with Crippen LogP contribution >= 0.6 is 0 Å². The third-order valence-corrected chi connectivity index (χ3v) is 3.14. The molecule has 0 saturated heterocycles. The molecule has 0 amide bonds. The first-order valence-electron chi connectivity index (χ1n) is 5.45. The molecule has 1 aliphatic rings. The zero-order valence-corrected chi connectivity index (χ0v) is 9.03. The molecule has 2 rings (SSSR count). The van der Waals surface area contributed by atoms with Gasteiger partial charge in [0.2, 0.25) is 0 Å². The first-order valence-corrected chi connectivity index (χ1v) is 5.45. The predicted octanol–water partition coefficient (Wildman–Crippen LogP) is 2.64. The Hall–Kier alpha value is -1.33. The van der Waals surface area contributed by atoms with E-state index >= 15 is 0 Å². The summed E-state index contributed by atoms with van der Waals surface area (Å²) in [6.07, 6.45) is 2.11. The minimum absolute atomic E-state index is 0.0525. The van der Waals surface area contributed by atoms with E-state index in [0.29, 0.717) is 6.04 Å². The van der Waals surface area contributed by atoms with Gasteiger partial charge in [0.05, 0.1) is 11.5 Å². The molecule has 1 aliphatic carbocycles. The van der Waals surface area contributed by atoms with E-state index < -0.39 is 0 Å². The van der Waals surface area contributed by atoms with Crippen LogP contribution in [0.5, 0.6) is 0 Å². The maximum absolute atomic E-state index is 8.95. The van der Waals surface area contributed by atoms with E-state index in [1.54, 1.807) is 0 Å². The number of nitriles is 1. The predicted molar refractivity (Wildman–Crippen MR) is 60.1 cm³/mol. The largest absolute Gasteiger partial charge is 0.309 e. The van der Waals surface area contributed by atoms with Crippen LogP contribution in [-0.4, -0.2) is 6.54 Å². The third kappa shape index (κ3) is 2.37. The van der Waals surface area contributed by atoms with Crippen LogP contribution in [0.2, 0.25) is 0 Å². The van der Waals surface area contributed by atoms with Gasteiger partial charge < -0.3 is 5.32 Å². The molecule has 1 N–H and O–H groups in total. The highest BCUT2D eigenvalue weighted by molar-refractivity contribution is 5.19. The van der Waals surface area contributed by atoms with Gasteiger partial charge in [0.15, 0.2) is 0 Å². The van der Waals surface area contributed by atoms with Crippen molar-refractivity contribution in [2.45, 2.75) is 25.8 Å². The van der Waals surface area contributed by atoms with Crippen LogP contribution in [0, 0.1) is 16.7 Å². The van der Waals surface area contributed by atoms with Crippen molar-refractivity contribution in [3.63, 3.8) is 0 Å². The Morgan fingerprint density at radius 3 is 2.60 bits per heavy atom. The summed E-state index contributed by atoms with van der Waals surface area (Å²) in [5.74, 6) is 0. The molecule has 0 aliphatic heterocycles. The molecule has 1 aromatic carbocycles. The Labute approximate surface area is 90.9 Å². The Balaban J connectivity index is 1.89. The summed E-state index contributed by atoms with van der Waals surface area (Å²) in [5, 5.41) is 12.4. The van der Waals surface area contributed by atoms with Crippen molar-refractivity contribution >= 4 is 0 Å². The van der Waals surface area contributed by atoms with Crippen molar-refractivity contribution in [1.29, 1.82) is 5.26 Å². The lowest BCUT2D eigenvalue weighted by molar-refractivity contribution is 0.498. The van der Waals surface area contributed by atoms with E-state index in [9.17, 15) is 0 Å². The second-order valence-electron chi connectivity index (χ2n) is 4.41. The van der Waals surface area contributed by atoms with Gasteiger partial charge in [-0.25, -0.2) is 0 Å². The van der Waals surface area contributed by atoms with Crippen LogP contribution < -0.4 is 5.32 Å². The fourth-order valence-electron chi connectivity index (χ4n) is 1.69. The van der Waals surface area contributed by atoms with Crippen molar-refractivity contribution in [2.75, 3.05) is 6.54 Å². The van der Waals surface area contributed by atoms with Gasteiger partial charge >= 0.3 is 0 Å². The molecule has 1 fully saturated rings. The molecule has 1 atom stereocenters. The van der Waals surface area contributed by atoms with Crippen molar-refractivity contribution < 1.29 is 0 Å². The average molecular weight is 200 g/mol. The highest BCUT2D eigenvalue weighted by atomic mass is 14.9. The van der Waals surface area contributed by atoms with Crippen LogP contribution in [0.3, 0.4) is 0 Å². The van der Waals surface area contributed by atoms with Crippen LogP contribution in [0.1, 0.15) is 31.4 Å². The SMILES string of the molecule is CC(NCC1(C#N)CC1)c1ccccc1. The Bertz CT molecular complexity index is 360. The number of nitrogens with zero attached hydrogens (tertiary/aromatic N) is 1. The number of nitrogens with one attached hydrogen (secondary N) is 1. The van der Waals surface area contributed by atoms with Gasteiger partial charge in [0.1, 0.15) is 0 Å². The summed E-state index contributed by atoms with van der Waals surface area (Å²) < 4.78 is 0. The maximum Gasteiger partial charge on any atom is 0.0703 e. The van der Waals surface area contributed by atoms with Gasteiger partial charge in [-0.05, 0) is 25.3 Å². The summed E-state index contributed by atoms with van der Waals surface area (Å²) in [6, 6.07) is 13.1. The van der Waals surface area contributed by atoms with Crippen LogP contribution in [-0.2, 0) is 0 Å². The Morgan fingerprint density at radius 1 is 1.40 bits per heavy atom. The lowest BCUT2D eigenvalue weighted by atomic mass is 10.1. The van der Waals surface area contributed by atoms with Gasteiger partial charge in [-0.3, -0.25) is 0 Å². The molecular weight excluding hydrogens is 184 g/mol. The average Bonchev–Trinajstić information content (AvgIpc) is 3.08. The van der Waals surface area contributed by atoms with E-state index in [-0.39, 0.29) is 5.41 Å². The summed E-state index contributed by atoms with van der Waals surface area (Å²) in [7, 11) is 0. The minimum atomic E-state index is -0.0525. The lowest BCUT2D eigenvalue weighted by Gasteiger charge is -2.15. The van der Waals surface area contributed by atoms with Gasteiger partial charge in [-0.1, -0.05) is 30.3 Å². The van der Waals surface area contributed by atoms with E-state index in [2.05, 4.69) is 30.4 Å². The normalized spacial score (nSPS) is 19.2. The molecule has 1 saturated carbocycles. The number of rotatable bonds is 4. The summed E-state index contributed by atoms with van der Waals surface area (Å²) in [4.78, 5) is 0. The number of hydrogen-bond donors (Lipinski definition) is 1. The van der Waals surface area contributed by atoms with Crippen molar-refractivity contribution in [3.8, 4) is 6.07 Å². The van der Waals surface area contributed by atoms with Gasteiger partial charge in [0, 0.05) is 12.6 Å². The molecule has 0 heterocycles. The fourth-order valence-corrected chi connectivity index (χ4v) is 1.69. The van der Waals surface area contributed by atoms with Crippen molar-refractivity contribution in [3.05, 3.63) is 35.9 Å². The van der Waals surface area contributed by atoms with Gasteiger partial charge in [0.25, 0.3) is 0 Å². The standard InChI is InChI=1S/C13H16N2/c1-11(12-5-3-2-4-6-12)15-10-13(9-14)7-8-13/h2-6,11,15H,7-8,10H2,1H3. The molecule has 0 aromatic heterocycles. The van der Waals surface area contributed by atoms with Crippen molar-refractivity contribution in [1.82, 2.24) is 5.32 Å². The van der Waals surface area contributed by atoms with Crippen LogP contribution in [0.4, 0.5) is 0 Å². The first-order chi connectivity index (χ1) is 7.26. The van der Waals surface area contributed by atoms with E-state index in [1.165, 1.54) is 5.56 Å². The van der Waals surface area contributed by atoms with Crippen LogP contribution in [0.15, 0.2) is 30.3 Å². The molecule has 2 heteroatoms. The molecule has 0 radical (unpaired) electrons. The molecule has 2 nitrogen and oxygen atoms in total. The van der Waals surface area contributed by atoms with E-state index in [4.69, 9.17) is 5.26 Å².